The summed E-state index contributed by atoms with van der Waals surface area (Å²) in [6.07, 6.45) is 0. The van der Waals surface area contributed by atoms with E-state index in [0.717, 1.165) is 0 Å². The first kappa shape index (κ1) is 49.8. The van der Waals surface area contributed by atoms with E-state index in [1.165, 1.54) is 0 Å². The predicted octanol–water partition coefficient (Wildman–Crippen LogP) is -16.0. The van der Waals surface area contributed by atoms with Crippen molar-refractivity contribution in [2.24, 2.45) is 0 Å². The second-order valence-electron chi connectivity index (χ2n) is 1.32. The zero-order valence-corrected chi connectivity index (χ0v) is 25.6. The fraction of sp³-hybridized carbons (Fsp3) is 0. The molecule has 0 saturated carbocycles. The zero-order chi connectivity index (χ0) is 11.3. The average Bonchev–Trinajstić information content (AvgIpc) is 1.47. The van der Waals surface area contributed by atoms with Gasteiger partial charge in [0.25, 0.3) is 0 Å². The summed E-state index contributed by atoms with van der Waals surface area (Å²) in [5, 5.41) is 0. The van der Waals surface area contributed by atoms with Crippen molar-refractivity contribution in [1.29, 1.82) is 0 Å². The first-order valence-electron chi connectivity index (χ1n) is 2.15. The molecule has 0 spiro atoms. The Bertz CT molecular complexity index is 265. The van der Waals surface area contributed by atoms with Crippen LogP contribution < -0.4 is 148 Å². The molecule has 19 heavy (non-hydrogen) atoms. The van der Waals surface area contributed by atoms with Crippen molar-refractivity contribution < 1.29 is 204 Å². The molecule has 0 fully saturated rings. The van der Waals surface area contributed by atoms with Gasteiger partial charge in [0.2, 0.25) is 0 Å². The maximum atomic E-state index is 10.1. The summed E-state index contributed by atoms with van der Waals surface area (Å²) in [6, 6.07) is 0. The molecule has 0 aromatic rings. The third-order valence-corrected chi connectivity index (χ3v) is 1.91. The summed E-state index contributed by atoms with van der Waals surface area (Å²) in [6.45, 7) is 0. The summed E-state index contributed by atoms with van der Waals surface area (Å²) < 4.78 is 40.8. The van der Waals surface area contributed by atoms with E-state index in [1.54, 1.807) is 0 Å². The average molecular weight is 404 g/mol. The normalized spacial score (nSPS) is 7.84. The van der Waals surface area contributed by atoms with Gasteiger partial charge in [0.1, 0.15) is 0 Å². The molecule has 19 heteroatoms. The molecule has 5 N–H and O–H groups in total. The van der Waals surface area contributed by atoms with Gasteiger partial charge in [0, 0.05) is 0 Å². The molecule has 0 amide bonds. The maximum absolute atomic E-state index is 10.1. The third-order valence-electron chi connectivity index (χ3n) is 0.213. The topological polar surface area (TPSA) is 162 Å². The van der Waals surface area contributed by atoms with Crippen molar-refractivity contribution in [3.63, 3.8) is 0 Å². The molecule has 0 atom stereocenters. The standard InChI is InChI=1S/FHO2Si.Mg.5Na.H4O7P2.7H/c1-4(2)3;;;;;;;1-8(2,3)7-9(4,5)6;;;;;;;/h2H;;;;;;;(H2,1,2,3)(H2,4,5,6);;;;;;;/q;+2;5*+1;;7*-1. The van der Waals surface area contributed by atoms with Gasteiger partial charge in [-0.2, -0.15) is 8.42 Å². The zero-order valence-electron chi connectivity index (χ0n) is 18.3. The van der Waals surface area contributed by atoms with Crippen LogP contribution in [0.5, 0.6) is 0 Å². The van der Waals surface area contributed by atoms with Crippen LogP contribution >= 0.6 is 15.6 Å². The van der Waals surface area contributed by atoms with Crippen molar-refractivity contribution in [2.75, 3.05) is 0 Å². The Balaban J connectivity index is -0.00000000514. The van der Waals surface area contributed by atoms with Gasteiger partial charge in [-0.25, -0.2) is 9.13 Å². The van der Waals surface area contributed by atoms with Gasteiger partial charge in [-0.05, 0) is 0 Å². The molecule has 0 rings (SSSR count). The first-order chi connectivity index (χ1) is 5.44. The molecule has 0 aliphatic rings. The first-order valence-corrected chi connectivity index (χ1v) is 6.44. The monoisotopic (exact) mass is 404 g/mol. The van der Waals surface area contributed by atoms with E-state index in [9.17, 15) is 13.2 Å². The van der Waals surface area contributed by atoms with E-state index >= 15 is 0 Å². The van der Waals surface area contributed by atoms with Crippen LogP contribution in [0.25, 0.3) is 0 Å². The van der Waals surface area contributed by atoms with Crippen LogP contribution in [0.1, 0.15) is 9.99 Å². The van der Waals surface area contributed by atoms with E-state index in [4.69, 9.17) is 28.8 Å². The molecule has 0 aliphatic carbocycles. The van der Waals surface area contributed by atoms with Gasteiger partial charge in [0.05, 0.1) is 0 Å². The number of phosphoric acid groups is 2. The Hall–Kier alpha value is 5.77. The van der Waals surface area contributed by atoms with Crippen molar-refractivity contribution in [3.8, 4) is 0 Å². The minimum atomic E-state index is -5.05. The van der Waals surface area contributed by atoms with E-state index < -0.39 is 24.9 Å². The number of hydrogen-bond donors (Lipinski definition) is 5. The Morgan fingerprint density at radius 1 is 0.895 bits per heavy atom. The summed E-state index contributed by atoms with van der Waals surface area (Å²) in [4.78, 5) is 37.9. The van der Waals surface area contributed by atoms with E-state index in [-0.39, 0.29) is 181 Å². The predicted molar refractivity (Wildman–Crippen MR) is 48.5 cm³/mol. The molecule has 0 aliphatic heterocycles. The molecular formula is H12FMgNa5O9P2Si. The number of rotatable bonds is 2. The molecule has 94 valence electrons. The van der Waals surface area contributed by atoms with E-state index in [0.29, 0.717) is 0 Å². The summed E-state index contributed by atoms with van der Waals surface area (Å²) >= 11 is 0. The largest absolute Gasteiger partial charge is 2.00 e. The van der Waals surface area contributed by atoms with Crippen LogP contribution in [0, 0.1) is 0 Å². The van der Waals surface area contributed by atoms with Gasteiger partial charge in [-0.1, -0.05) is 0 Å². The molecule has 0 saturated heterocycles. The van der Waals surface area contributed by atoms with Crippen molar-refractivity contribution in [1.82, 2.24) is 0 Å². The SMILES string of the molecule is O=P(O)(O)OP(=O)(O)O.O=[Si](O)F.[H-].[H-].[H-].[H-].[H-].[H-].[H-].[Mg+2].[Na+].[Na+].[Na+].[Na+].[Na+]. The van der Waals surface area contributed by atoms with E-state index in [1.807, 2.05) is 0 Å². The molecular weight excluding hydrogens is 392 g/mol. The smallest absolute Gasteiger partial charge is 1.00 e. The van der Waals surface area contributed by atoms with Crippen LogP contribution in [0.15, 0.2) is 0 Å². The minimum Gasteiger partial charge on any atom is -1.00 e. The number of hydrogen-bond acceptors (Lipinski definition) is 4. The van der Waals surface area contributed by atoms with Gasteiger partial charge >= 0.3 is 196 Å². The molecule has 0 aromatic heterocycles. The van der Waals surface area contributed by atoms with Crippen molar-refractivity contribution in [2.45, 2.75) is 0 Å². The van der Waals surface area contributed by atoms with Crippen molar-refractivity contribution in [3.05, 3.63) is 0 Å². The summed E-state index contributed by atoms with van der Waals surface area (Å²) in [5.41, 5.74) is 0. The van der Waals surface area contributed by atoms with Crippen LogP contribution in [0.3, 0.4) is 0 Å². The Morgan fingerprint density at radius 2 is 1.00 bits per heavy atom. The van der Waals surface area contributed by atoms with Gasteiger partial charge in [-0.3, -0.25) is 4.46 Å². The quantitative estimate of drug-likeness (QED) is 0.171. The molecule has 0 heterocycles. The maximum Gasteiger partial charge on any atom is 2.00 e. The molecule has 0 radical (unpaired) electrons. The molecule has 9 nitrogen and oxygen atoms in total. The van der Waals surface area contributed by atoms with Gasteiger partial charge in [-0.15, -0.1) is 0 Å². The Morgan fingerprint density at radius 3 is 1.00 bits per heavy atom. The van der Waals surface area contributed by atoms with Crippen LogP contribution in [0.2, 0.25) is 0 Å². The fourth-order valence-corrected chi connectivity index (χ4v) is 1.25. The Labute approximate surface area is 247 Å². The second kappa shape index (κ2) is 26.0. The fourth-order valence-electron chi connectivity index (χ4n) is 0.139. The molecule has 0 unspecified atom stereocenters. The Kier molecular flexibility index (Phi) is 68.1. The van der Waals surface area contributed by atoms with Crippen LogP contribution in [-0.4, -0.2) is 56.7 Å². The van der Waals surface area contributed by atoms with Gasteiger partial charge < -0.3 is 34.4 Å². The second-order valence-corrected chi connectivity index (χ2v) is 4.44. The molecule has 0 bridgehead atoms. The van der Waals surface area contributed by atoms with E-state index in [2.05, 4.69) is 4.31 Å². The minimum absolute atomic E-state index is 0. The summed E-state index contributed by atoms with van der Waals surface area (Å²) in [5.74, 6) is 0. The van der Waals surface area contributed by atoms with Gasteiger partial charge in [0.15, 0.2) is 0 Å². The summed E-state index contributed by atoms with van der Waals surface area (Å²) in [7, 11) is -13.7. The van der Waals surface area contributed by atoms with Crippen molar-refractivity contribution >= 4 is 48.0 Å². The number of halogens is 1. The third kappa shape index (κ3) is 81.3. The van der Waals surface area contributed by atoms with Crippen LogP contribution in [0.4, 0.5) is 4.11 Å². The molecule has 0 aromatic carbocycles. The van der Waals surface area contributed by atoms with Crippen LogP contribution in [-0.2, 0) is 17.9 Å².